The number of hydrogen-bond donors (Lipinski definition) is 0. The molecule has 3 heterocycles. The Bertz CT molecular complexity index is 1250. The molecule has 0 radical (unpaired) electrons. The van der Waals surface area contributed by atoms with Crippen LogP contribution in [0.2, 0.25) is 0 Å². The molecular formula is C21H18BrN5O3. The normalized spacial score (nSPS) is 14.4. The van der Waals surface area contributed by atoms with Gasteiger partial charge in [-0.3, -0.25) is 9.36 Å². The minimum absolute atomic E-state index is 0.169. The molecule has 0 unspecified atom stereocenters. The van der Waals surface area contributed by atoms with Crippen LogP contribution < -0.4 is 10.5 Å². The van der Waals surface area contributed by atoms with Gasteiger partial charge in [0, 0.05) is 23.1 Å². The fraction of sp³-hybridized carbons (Fsp3) is 0.238. The van der Waals surface area contributed by atoms with Gasteiger partial charge in [-0.15, -0.1) is 10.2 Å². The summed E-state index contributed by atoms with van der Waals surface area (Å²) in [6, 6.07) is 15.2. The number of benzene rings is 2. The molecule has 2 aromatic carbocycles. The van der Waals surface area contributed by atoms with E-state index < -0.39 is 0 Å². The Hall–Kier alpha value is -3.04. The highest BCUT2D eigenvalue weighted by Gasteiger charge is 2.20. The number of fused-ring (bicyclic) bond motifs is 1. The molecule has 1 fully saturated rings. The maximum atomic E-state index is 13.3. The van der Waals surface area contributed by atoms with E-state index >= 15 is 0 Å². The van der Waals surface area contributed by atoms with E-state index in [1.165, 1.54) is 0 Å². The highest BCUT2D eigenvalue weighted by Crippen LogP contribution is 2.22. The van der Waals surface area contributed by atoms with E-state index in [-0.39, 0.29) is 12.1 Å². The lowest BCUT2D eigenvalue weighted by molar-refractivity contribution is 0.122. The van der Waals surface area contributed by atoms with Crippen molar-refractivity contribution in [2.75, 3.05) is 31.2 Å². The van der Waals surface area contributed by atoms with Crippen molar-refractivity contribution >= 4 is 32.8 Å². The number of halogens is 1. The lowest BCUT2D eigenvalue weighted by Crippen LogP contribution is -2.41. The SMILES string of the molecule is O=c1c(N2CCOCC2)nc2ccccc2n1Cc1nnc(-c2ccc(Br)cc2)o1. The van der Waals surface area contributed by atoms with E-state index in [2.05, 4.69) is 31.1 Å². The smallest absolute Gasteiger partial charge is 0.294 e. The lowest BCUT2D eigenvalue weighted by Gasteiger charge is -2.27. The van der Waals surface area contributed by atoms with Crippen molar-refractivity contribution in [2.45, 2.75) is 6.54 Å². The molecule has 1 aliphatic heterocycles. The third kappa shape index (κ3) is 3.61. The number of hydrogen-bond acceptors (Lipinski definition) is 7. The summed E-state index contributed by atoms with van der Waals surface area (Å²) in [6.45, 7) is 2.59. The monoisotopic (exact) mass is 467 g/mol. The summed E-state index contributed by atoms with van der Waals surface area (Å²) >= 11 is 3.42. The maximum Gasteiger partial charge on any atom is 0.294 e. The summed E-state index contributed by atoms with van der Waals surface area (Å²) in [4.78, 5) is 19.9. The van der Waals surface area contributed by atoms with Gasteiger partial charge in [0.05, 0.1) is 24.2 Å². The first-order valence-electron chi connectivity index (χ1n) is 9.59. The van der Waals surface area contributed by atoms with Gasteiger partial charge >= 0.3 is 0 Å². The second kappa shape index (κ2) is 8.00. The molecule has 4 aromatic rings. The molecule has 152 valence electrons. The van der Waals surface area contributed by atoms with Crippen molar-refractivity contribution in [3.8, 4) is 11.5 Å². The van der Waals surface area contributed by atoms with Gasteiger partial charge in [-0.1, -0.05) is 28.1 Å². The molecule has 8 nitrogen and oxygen atoms in total. The molecule has 0 N–H and O–H groups in total. The Balaban J connectivity index is 1.54. The van der Waals surface area contributed by atoms with E-state index in [1.807, 2.05) is 53.4 Å². The summed E-state index contributed by atoms with van der Waals surface area (Å²) in [5.74, 6) is 1.20. The standard InChI is InChI=1S/C21H18BrN5O3/c22-15-7-5-14(6-8-15)20-25-24-18(30-20)13-27-17-4-2-1-3-16(17)23-19(21(27)28)26-9-11-29-12-10-26/h1-8H,9-13H2. The van der Waals surface area contributed by atoms with Gasteiger partial charge in [-0.05, 0) is 36.4 Å². The average Bonchev–Trinajstić information content (AvgIpc) is 3.25. The summed E-state index contributed by atoms with van der Waals surface area (Å²) in [5, 5.41) is 8.30. The van der Waals surface area contributed by atoms with Gasteiger partial charge in [0.1, 0.15) is 6.54 Å². The molecule has 0 bridgehead atoms. The predicted octanol–water partition coefficient (Wildman–Crippen LogP) is 3.09. The minimum atomic E-state index is -0.181. The first-order valence-corrected chi connectivity index (χ1v) is 10.4. The molecule has 30 heavy (non-hydrogen) atoms. The van der Waals surface area contributed by atoms with Crippen LogP contribution in [0, 0.1) is 0 Å². The van der Waals surface area contributed by atoms with Crippen LogP contribution in [0.25, 0.3) is 22.5 Å². The van der Waals surface area contributed by atoms with Crippen LogP contribution in [0.3, 0.4) is 0 Å². The number of nitrogens with zero attached hydrogens (tertiary/aromatic N) is 5. The van der Waals surface area contributed by atoms with Gasteiger partial charge in [-0.2, -0.15) is 0 Å². The Labute approximate surface area is 180 Å². The number of anilines is 1. The quantitative estimate of drug-likeness (QED) is 0.455. The molecule has 0 atom stereocenters. The number of morpholine rings is 1. The van der Waals surface area contributed by atoms with Crippen molar-refractivity contribution in [3.63, 3.8) is 0 Å². The molecule has 5 rings (SSSR count). The zero-order chi connectivity index (χ0) is 20.5. The van der Waals surface area contributed by atoms with E-state index in [0.717, 1.165) is 21.1 Å². The van der Waals surface area contributed by atoms with E-state index in [0.29, 0.717) is 43.9 Å². The number of aromatic nitrogens is 4. The molecule has 0 aliphatic carbocycles. The average molecular weight is 468 g/mol. The van der Waals surface area contributed by atoms with Gasteiger partial charge in [-0.25, -0.2) is 4.98 Å². The Morgan fingerprint density at radius 3 is 2.57 bits per heavy atom. The molecule has 0 spiro atoms. The molecule has 0 saturated carbocycles. The van der Waals surface area contributed by atoms with Gasteiger partial charge in [0.15, 0.2) is 5.82 Å². The highest BCUT2D eigenvalue weighted by molar-refractivity contribution is 9.10. The summed E-state index contributed by atoms with van der Waals surface area (Å²) < 4.78 is 13.9. The van der Waals surface area contributed by atoms with Crippen molar-refractivity contribution in [3.05, 3.63) is 69.2 Å². The summed E-state index contributed by atoms with van der Waals surface area (Å²) in [6.07, 6.45) is 0. The summed E-state index contributed by atoms with van der Waals surface area (Å²) in [5.41, 5.74) is 2.10. The molecule has 1 aliphatic rings. The molecule has 1 saturated heterocycles. The van der Waals surface area contributed by atoms with E-state index in [1.54, 1.807) is 4.57 Å². The highest BCUT2D eigenvalue weighted by atomic mass is 79.9. The summed E-state index contributed by atoms with van der Waals surface area (Å²) in [7, 11) is 0. The van der Waals surface area contributed by atoms with Gasteiger partial charge in [0.25, 0.3) is 5.56 Å². The Morgan fingerprint density at radius 1 is 1.00 bits per heavy atom. The number of rotatable bonds is 4. The van der Waals surface area contributed by atoms with Crippen LogP contribution in [0.1, 0.15) is 5.89 Å². The zero-order valence-electron chi connectivity index (χ0n) is 16.0. The third-order valence-corrected chi connectivity index (χ3v) is 5.53. The van der Waals surface area contributed by atoms with Crippen LogP contribution in [-0.4, -0.2) is 46.1 Å². The van der Waals surface area contributed by atoms with Crippen molar-refractivity contribution < 1.29 is 9.15 Å². The van der Waals surface area contributed by atoms with Crippen LogP contribution in [0.15, 0.2) is 62.2 Å². The van der Waals surface area contributed by atoms with E-state index in [4.69, 9.17) is 9.15 Å². The largest absolute Gasteiger partial charge is 0.419 e. The second-order valence-corrected chi connectivity index (χ2v) is 7.84. The maximum absolute atomic E-state index is 13.3. The number of ether oxygens (including phenoxy) is 1. The van der Waals surface area contributed by atoms with Crippen LogP contribution >= 0.6 is 15.9 Å². The fourth-order valence-electron chi connectivity index (χ4n) is 3.48. The van der Waals surface area contributed by atoms with Crippen LogP contribution in [0.4, 0.5) is 5.82 Å². The molecular weight excluding hydrogens is 450 g/mol. The Morgan fingerprint density at radius 2 is 1.77 bits per heavy atom. The first-order chi connectivity index (χ1) is 14.7. The second-order valence-electron chi connectivity index (χ2n) is 6.92. The van der Waals surface area contributed by atoms with Crippen molar-refractivity contribution in [1.82, 2.24) is 19.7 Å². The fourth-order valence-corrected chi connectivity index (χ4v) is 3.74. The van der Waals surface area contributed by atoms with Crippen molar-refractivity contribution in [2.24, 2.45) is 0 Å². The minimum Gasteiger partial charge on any atom is -0.419 e. The van der Waals surface area contributed by atoms with Gasteiger partial charge < -0.3 is 14.1 Å². The molecule has 2 aromatic heterocycles. The van der Waals surface area contributed by atoms with Crippen LogP contribution in [-0.2, 0) is 11.3 Å². The van der Waals surface area contributed by atoms with Gasteiger partial charge in [0.2, 0.25) is 11.8 Å². The Kier molecular flexibility index (Phi) is 5.06. The molecule has 9 heteroatoms. The lowest BCUT2D eigenvalue weighted by atomic mass is 10.2. The number of para-hydroxylation sites is 2. The first kappa shape index (κ1) is 19.0. The molecule has 0 amide bonds. The van der Waals surface area contributed by atoms with Crippen LogP contribution in [0.5, 0.6) is 0 Å². The van der Waals surface area contributed by atoms with Crippen molar-refractivity contribution in [1.29, 1.82) is 0 Å². The topological polar surface area (TPSA) is 86.3 Å². The zero-order valence-corrected chi connectivity index (χ0v) is 17.6. The third-order valence-electron chi connectivity index (χ3n) is 5.00. The predicted molar refractivity (Wildman–Crippen MR) is 116 cm³/mol. The van der Waals surface area contributed by atoms with E-state index in [9.17, 15) is 4.79 Å².